The van der Waals surface area contributed by atoms with E-state index in [1.54, 1.807) is 0 Å². The average molecular weight is 1540 g/mol. The summed E-state index contributed by atoms with van der Waals surface area (Å²) in [4.78, 5) is 15.8. The molecule has 0 saturated carbocycles. The number of nitrogens with zero attached hydrogens (tertiary/aromatic N) is 1. The Morgan fingerprint density at radius 1 is 0.351 bits per heavy atom. The van der Waals surface area contributed by atoms with E-state index in [-0.39, 0.29) is 65.9 Å². The maximum atomic E-state index is 11.5. The van der Waals surface area contributed by atoms with Crippen LogP contribution in [0.3, 0.4) is 0 Å². The summed E-state index contributed by atoms with van der Waals surface area (Å²) in [6.45, 7) is 113. The quantitative estimate of drug-likeness (QED) is 0.158. The first-order valence-corrected chi connectivity index (χ1v) is 41.4. The zero-order valence-corrected chi connectivity index (χ0v) is 83.4. The van der Waals surface area contributed by atoms with Gasteiger partial charge >= 0.3 is 0 Å². The van der Waals surface area contributed by atoms with Gasteiger partial charge in [-0.25, -0.2) is 4.98 Å². The number of furan rings is 1. The van der Waals surface area contributed by atoms with Crippen molar-refractivity contribution < 1.29 is 23.1 Å². The number of oxazole rings is 1. The van der Waals surface area contributed by atoms with E-state index in [1.165, 1.54) is 24.0 Å². The molecule has 0 fully saturated rings. The number of ketones is 1. The van der Waals surface area contributed by atoms with E-state index in [0.717, 1.165) is 34.7 Å². The van der Waals surface area contributed by atoms with Crippen molar-refractivity contribution in [1.82, 2.24) is 4.98 Å². The van der Waals surface area contributed by atoms with Crippen molar-refractivity contribution in [3.05, 3.63) is 138 Å². The third-order valence-corrected chi connectivity index (χ3v) is 13.2. The highest BCUT2D eigenvalue weighted by molar-refractivity contribution is 5.88. The summed E-state index contributed by atoms with van der Waals surface area (Å²) in [6.07, 6.45) is 4.75. The molecule has 5 aromatic rings. The average Bonchev–Trinajstić information content (AvgIpc) is 1.66. The molecule has 0 spiro atoms. The zero-order chi connectivity index (χ0) is 89.6. The molecule has 0 saturated heterocycles. The van der Waals surface area contributed by atoms with Crippen molar-refractivity contribution in [2.75, 3.05) is 0 Å². The molecule has 0 bridgehead atoms. The Morgan fingerprint density at radius 2 is 0.658 bits per heavy atom. The molecule has 3 aromatic carbocycles. The van der Waals surface area contributed by atoms with Crippen LogP contribution in [0.4, 0.5) is 0 Å². The fourth-order valence-corrected chi connectivity index (χ4v) is 7.68. The molecule has 638 valence electrons. The highest BCUT2D eigenvalue weighted by atomic mass is 16.5. The summed E-state index contributed by atoms with van der Waals surface area (Å²) >= 11 is 0. The van der Waals surface area contributed by atoms with E-state index >= 15 is 0 Å². The molecule has 2 heterocycles. The molecule has 2 aromatic heterocycles. The molecule has 0 aliphatic heterocycles. The van der Waals surface area contributed by atoms with E-state index in [2.05, 4.69) is 388 Å². The van der Waals surface area contributed by atoms with Gasteiger partial charge in [0.05, 0.1) is 12.3 Å². The molecule has 0 aliphatic rings. The second kappa shape index (κ2) is 49.1. The van der Waals surface area contributed by atoms with Crippen LogP contribution >= 0.6 is 0 Å². The van der Waals surface area contributed by atoms with Gasteiger partial charge < -0.3 is 18.3 Å². The first-order chi connectivity index (χ1) is 48.7. The molecule has 0 unspecified atom stereocenters. The van der Waals surface area contributed by atoms with E-state index in [9.17, 15) is 4.79 Å². The molecule has 0 N–H and O–H groups in total. The number of hydrogen-bond donors (Lipinski definition) is 0. The highest BCUT2D eigenvalue weighted by Gasteiger charge is 2.32. The van der Waals surface area contributed by atoms with Gasteiger partial charge in [0.15, 0.2) is 5.89 Å². The Bertz CT molecular complexity index is 3160. The Morgan fingerprint density at radius 3 is 0.856 bits per heavy atom. The highest BCUT2D eigenvalue weighted by Crippen LogP contribution is 2.33. The molecular weight excluding hydrogens is 1360 g/mol. The fraction of sp³-hybridized carbons (Fsp3) is 0.695. The predicted molar refractivity (Wildman–Crippen MR) is 497 cm³/mol. The largest absolute Gasteiger partial charge is 0.491 e. The van der Waals surface area contributed by atoms with Gasteiger partial charge in [-0.2, -0.15) is 0 Å². The van der Waals surface area contributed by atoms with Gasteiger partial charge in [0, 0.05) is 54.1 Å². The summed E-state index contributed by atoms with van der Waals surface area (Å²) in [5.74, 6) is 25.6. The van der Waals surface area contributed by atoms with Crippen molar-refractivity contribution in [3.63, 3.8) is 0 Å². The number of benzene rings is 3. The summed E-state index contributed by atoms with van der Waals surface area (Å²) in [7, 11) is 0. The maximum Gasteiger partial charge on any atom is 0.199 e. The molecule has 5 rings (SSSR count). The van der Waals surface area contributed by atoms with Gasteiger partial charge in [-0.15, -0.1) is 0 Å². The summed E-state index contributed by atoms with van der Waals surface area (Å²) in [6, 6.07) is 32.8. The lowest BCUT2D eigenvalue weighted by Crippen LogP contribution is -2.32. The Hall–Kier alpha value is -5.90. The van der Waals surface area contributed by atoms with E-state index < -0.39 is 0 Å². The van der Waals surface area contributed by atoms with Crippen molar-refractivity contribution in [1.29, 1.82) is 0 Å². The minimum Gasteiger partial charge on any atom is -0.491 e. The molecule has 6 nitrogen and oxygen atoms in total. The standard InChI is InChI=1S/C13H20O.C12H20O.C12H18O.C12H18.C11H19NO.C10H22.C10H18.C9H18O.C6H6.2C5H12/c1-10(2)11-6-8-12(9-7-11)14-13(3,4)5;1-11(2,3)9-7-8-10(13-9)12(4,5)6;1-9(2)11-6-5-7-12(8-11)13-10(3)4;1-11(2,3)9-7-8-10-12(4,5)6;1-10(2,3)8-7-12-9(13-8)11(4,5)6;2*1-9(2,3)7-8-10(4,5)6;1-8(2,3)7(10)9(4,5)6;1-2-4-6-5-3-1;2*1-5(2,3)4/h6-10H,1-5H3;7-8H,1-6H3;5-10H,1-4H3;1-6H3;7H,1-6H3;7-8H2,1-6H3;2*1-6H3;1-6H;2*1-4H3. The van der Waals surface area contributed by atoms with Crippen molar-refractivity contribution in [2.45, 2.75) is 425 Å². The van der Waals surface area contributed by atoms with E-state index in [1.807, 2.05) is 122 Å². The first-order valence-electron chi connectivity index (χ1n) is 41.4. The molecule has 0 atom stereocenters. The minimum absolute atomic E-state index is 0.00347. The van der Waals surface area contributed by atoms with Gasteiger partial charge in [-0.05, 0) is 223 Å². The van der Waals surface area contributed by atoms with Gasteiger partial charge in [0.25, 0.3) is 0 Å². The number of carbonyl (C=O) groups is 1. The monoisotopic (exact) mass is 1540 g/mol. The van der Waals surface area contributed by atoms with Crippen molar-refractivity contribution in [3.8, 4) is 47.0 Å². The summed E-state index contributed by atoms with van der Waals surface area (Å²) in [5, 5.41) is 0. The molecular formula is C105H183NO5. The second-order valence-corrected chi connectivity index (χ2v) is 47.4. The Labute approximate surface area is 693 Å². The van der Waals surface area contributed by atoms with Crippen LogP contribution in [0.25, 0.3) is 0 Å². The van der Waals surface area contributed by atoms with E-state index in [0.29, 0.717) is 39.3 Å². The maximum absolute atomic E-state index is 11.5. The van der Waals surface area contributed by atoms with Gasteiger partial charge in [0.2, 0.25) is 0 Å². The van der Waals surface area contributed by atoms with Crippen LogP contribution in [-0.4, -0.2) is 22.5 Å². The number of hydrogen-bond acceptors (Lipinski definition) is 6. The molecule has 111 heavy (non-hydrogen) atoms. The SMILES string of the molecule is CC(C)(C)C.CC(C)(C)C.CC(C)(C)C#CC#CC(C)(C)C.CC(C)(C)C#CC(C)(C)C.CC(C)(C)C(=O)C(C)(C)C.CC(C)(C)CCC(C)(C)C.CC(C)(C)c1ccc(C(C)(C)C)o1.CC(C)(C)c1cnc(C(C)(C)C)o1.CC(C)Oc1cccc(C(C)C)c1.CC(C)c1ccc(OC(C)(C)C)cc1.c1ccccc1. The topological polar surface area (TPSA) is 74.7 Å². The van der Waals surface area contributed by atoms with Crippen LogP contribution in [0.2, 0.25) is 0 Å². The summed E-state index contributed by atoms with van der Waals surface area (Å²) < 4.78 is 22.9. The fourth-order valence-electron chi connectivity index (χ4n) is 7.68. The first kappa shape index (κ1) is 116. The normalized spacial score (nSPS) is 12.1. The lowest BCUT2D eigenvalue weighted by Gasteiger charge is -2.26. The van der Waals surface area contributed by atoms with Crippen LogP contribution in [0, 0.1) is 89.7 Å². The smallest absolute Gasteiger partial charge is 0.199 e. The number of carbonyl (C=O) groups excluding carboxylic acids is 1. The summed E-state index contributed by atoms with van der Waals surface area (Å²) in [5.41, 5.74) is 4.90. The third-order valence-electron chi connectivity index (χ3n) is 13.2. The lowest BCUT2D eigenvalue weighted by molar-refractivity contribution is -0.134. The molecule has 0 aliphatic carbocycles. The van der Waals surface area contributed by atoms with Crippen molar-refractivity contribution in [2.24, 2.45) is 54.1 Å². The molecule has 6 heteroatoms. The minimum atomic E-state index is -0.196. The van der Waals surface area contributed by atoms with Crippen LogP contribution in [0.5, 0.6) is 11.5 Å². The van der Waals surface area contributed by atoms with Crippen LogP contribution in [0.1, 0.15) is 426 Å². The van der Waals surface area contributed by atoms with Gasteiger partial charge in [-0.1, -0.05) is 334 Å². The third kappa shape index (κ3) is 83.4. The van der Waals surface area contributed by atoms with Crippen LogP contribution < -0.4 is 9.47 Å². The molecule has 0 amide bonds. The van der Waals surface area contributed by atoms with Gasteiger partial charge in [0.1, 0.15) is 40.2 Å². The number of ether oxygens (including phenoxy) is 2. The Kier molecular flexibility index (Phi) is 51.3. The second-order valence-electron chi connectivity index (χ2n) is 47.4. The number of Topliss-reactive ketones (excluding diaryl/α,β-unsaturated/α-hetero) is 1. The predicted octanol–water partition coefficient (Wildman–Crippen LogP) is 33.2. The van der Waals surface area contributed by atoms with E-state index in [4.69, 9.17) is 18.3 Å². The van der Waals surface area contributed by atoms with Crippen molar-refractivity contribution >= 4 is 5.78 Å². The Balaban J connectivity index is -0.000000277. The zero-order valence-electron chi connectivity index (χ0n) is 83.4. The van der Waals surface area contributed by atoms with Gasteiger partial charge in [-0.3, -0.25) is 4.79 Å². The lowest BCUT2D eigenvalue weighted by atomic mass is 9.76. The van der Waals surface area contributed by atoms with Crippen LogP contribution in [0.15, 0.2) is 112 Å². The number of rotatable bonds is 6. The molecule has 0 radical (unpaired) electrons. The number of aromatic nitrogens is 1. The van der Waals surface area contributed by atoms with Crippen LogP contribution in [-0.2, 0) is 26.5 Å².